The summed E-state index contributed by atoms with van der Waals surface area (Å²) in [6, 6.07) is 4.39. The molecular weight excluding hydrogens is 408 g/mol. The van der Waals surface area contributed by atoms with E-state index < -0.39 is 17.5 Å². The average Bonchev–Trinajstić information content (AvgIpc) is 3.22. The summed E-state index contributed by atoms with van der Waals surface area (Å²) < 4.78 is 0. The van der Waals surface area contributed by atoms with Gasteiger partial charge in [0.15, 0.2) is 0 Å². The van der Waals surface area contributed by atoms with Gasteiger partial charge in [-0.25, -0.2) is 4.79 Å². The Hall–Kier alpha value is -2.61. The number of imide groups is 1. The van der Waals surface area contributed by atoms with Crippen LogP contribution in [0.2, 0.25) is 5.02 Å². The predicted octanol–water partition coefficient (Wildman–Crippen LogP) is 2.91. The van der Waals surface area contributed by atoms with E-state index in [0.717, 1.165) is 30.6 Å². The second-order valence-corrected chi connectivity index (χ2v) is 8.71. The molecule has 1 aromatic rings. The number of amides is 5. The maximum atomic E-state index is 13.0. The standard InChI is InChI=1S/C21H25ClN4O4/c1-13-5-2-3-9-21(13)19(29)26(20(30)24-21)12-17(27)23-14-7-8-16(15(22)11-14)25-10-4-6-18(25)28/h7-8,11,13H,2-6,9-10,12H2,1H3,(H,23,27)(H,24,30). The van der Waals surface area contributed by atoms with Crippen molar-refractivity contribution in [2.24, 2.45) is 5.92 Å². The molecule has 0 radical (unpaired) electrons. The van der Waals surface area contributed by atoms with Gasteiger partial charge >= 0.3 is 6.03 Å². The molecule has 2 unspecified atom stereocenters. The van der Waals surface area contributed by atoms with Crippen molar-refractivity contribution in [1.29, 1.82) is 0 Å². The largest absolute Gasteiger partial charge is 0.325 e. The van der Waals surface area contributed by atoms with E-state index in [4.69, 9.17) is 11.6 Å². The van der Waals surface area contributed by atoms with Gasteiger partial charge in [0.25, 0.3) is 5.91 Å². The van der Waals surface area contributed by atoms with Crippen LogP contribution in [-0.4, -0.2) is 47.3 Å². The van der Waals surface area contributed by atoms with Gasteiger partial charge in [-0.15, -0.1) is 0 Å². The van der Waals surface area contributed by atoms with Crippen molar-refractivity contribution < 1.29 is 19.2 Å². The van der Waals surface area contributed by atoms with Crippen molar-refractivity contribution in [2.45, 2.75) is 51.0 Å². The molecule has 2 heterocycles. The molecule has 2 aliphatic heterocycles. The smallest absolute Gasteiger partial charge is 0.324 e. The number of hydrogen-bond acceptors (Lipinski definition) is 4. The summed E-state index contributed by atoms with van der Waals surface area (Å²) in [4.78, 5) is 52.5. The first kappa shape index (κ1) is 20.7. The fraction of sp³-hybridized carbons (Fsp3) is 0.524. The molecule has 3 fully saturated rings. The number of anilines is 2. The topological polar surface area (TPSA) is 98.8 Å². The Balaban J connectivity index is 1.42. The van der Waals surface area contributed by atoms with E-state index in [1.807, 2.05) is 6.92 Å². The Kier molecular flexibility index (Phi) is 5.44. The third-order valence-corrected chi connectivity index (χ3v) is 6.70. The van der Waals surface area contributed by atoms with E-state index in [-0.39, 0.29) is 24.3 Å². The van der Waals surface area contributed by atoms with E-state index >= 15 is 0 Å². The molecule has 2 N–H and O–H groups in total. The van der Waals surface area contributed by atoms with Crippen LogP contribution in [0.25, 0.3) is 0 Å². The Bertz CT molecular complexity index is 920. The maximum Gasteiger partial charge on any atom is 0.325 e. The van der Waals surface area contributed by atoms with Gasteiger partial charge in [0.1, 0.15) is 12.1 Å². The molecule has 4 rings (SSSR count). The fourth-order valence-electron chi connectivity index (χ4n) is 4.69. The van der Waals surface area contributed by atoms with Gasteiger partial charge in [-0.3, -0.25) is 19.3 Å². The SMILES string of the molecule is CC1CCCCC12NC(=O)N(CC(=O)Nc1ccc(N3CCCC3=O)c(Cl)c1)C2=O. The number of rotatable bonds is 4. The van der Waals surface area contributed by atoms with Crippen molar-refractivity contribution in [3.8, 4) is 0 Å². The summed E-state index contributed by atoms with van der Waals surface area (Å²) in [6.07, 6.45) is 4.67. The summed E-state index contributed by atoms with van der Waals surface area (Å²) in [6.45, 7) is 2.23. The lowest BCUT2D eigenvalue weighted by atomic mass is 9.73. The van der Waals surface area contributed by atoms with Crippen LogP contribution in [0.3, 0.4) is 0 Å². The van der Waals surface area contributed by atoms with Gasteiger partial charge in [-0.2, -0.15) is 0 Å². The third kappa shape index (κ3) is 3.53. The molecule has 0 bridgehead atoms. The van der Waals surface area contributed by atoms with Crippen LogP contribution in [-0.2, 0) is 14.4 Å². The van der Waals surface area contributed by atoms with Crippen molar-refractivity contribution in [3.05, 3.63) is 23.2 Å². The molecule has 160 valence electrons. The summed E-state index contributed by atoms with van der Waals surface area (Å²) in [5.41, 5.74) is 0.163. The molecule has 2 saturated heterocycles. The van der Waals surface area contributed by atoms with Crippen LogP contribution in [0.15, 0.2) is 18.2 Å². The van der Waals surface area contributed by atoms with Crippen LogP contribution in [0.4, 0.5) is 16.2 Å². The Morgan fingerprint density at radius 1 is 1.27 bits per heavy atom. The molecule has 1 saturated carbocycles. The quantitative estimate of drug-likeness (QED) is 0.714. The molecule has 30 heavy (non-hydrogen) atoms. The molecule has 1 aliphatic carbocycles. The average molecular weight is 433 g/mol. The van der Waals surface area contributed by atoms with Crippen molar-refractivity contribution >= 4 is 46.7 Å². The second-order valence-electron chi connectivity index (χ2n) is 8.30. The highest BCUT2D eigenvalue weighted by Crippen LogP contribution is 2.38. The molecule has 0 aromatic heterocycles. The molecule has 3 aliphatic rings. The van der Waals surface area contributed by atoms with Crippen LogP contribution in [0, 0.1) is 5.92 Å². The molecule has 1 aromatic carbocycles. The van der Waals surface area contributed by atoms with E-state index in [1.165, 1.54) is 0 Å². The van der Waals surface area contributed by atoms with Gasteiger partial charge < -0.3 is 15.5 Å². The summed E-state index contributed by atoms with van der Waals surface area (Å²) >= 11 is 6.31. The highest BCUT2D eigenvalue weighted by atomic mass is 35.5. The van der Waals surface area contributed by atoms with E-state index in [0.29, 0.717) is 35.8 Å². The maximum absolute atomic E-state index is 13.0. The van der Waals surface area contributed by atoms with E-state index in [9.17, 15) is 19.2 Å². The van der Waals surface area contributed by atoms with Gasteiger partial charge in [0, 0.05) is 18.7 Å². The van der Waals surface area contributed by atoms with Gasteiger partial charge in [-0.05, 0) is 43.4 Å². The molecular formula is C21H25ClN4O4. The van der Waals surface area contributed by atoms with Crippen molar-refractivity contribution in [2.75, 3.05) is 23.3 Å². The number of nitrogens with one attached hydrogen (secondary N) is 2. The van der Waals surface area contributed by atoms with Crippen LogP contribution < -0.4 is 15.5 Å². The van der Waals surface area contributed by atoms with Crippen molar-refractivity contribution in [3.63, 3.8) is 0 Å². The van der Waals surface area contributed by atoms with Crippen LogP contribution in [0.5, 0.6) is 0 Å². The number of hydrogen-bond donors (Lipinski definition) is 2. The zero-order valence-electron chi connectivity index (χ0n) is 16.9. The summed E-state index contributed by atoms with van der Waals surface area (Å²) in [7, 11) is 0. The Morgan fingerprint density at radius 2 is 2.07 bits per heavy atom. The first-order chi connectivity index (χ1) is 14.3. The highest BCUT2D eigenvalue weighted by Gasteiger charge is 2.55. The zero-order chi connectivity index (χ0) is 21.5. The van der Waals surface area contributed by atoms with Crippen molar-refractivity contribution in [1.82, 2.24) is 10.2 Å². The minimum atomic E-state index is -0.886. The van der Waals surface area contributed by atoms with Crippen LogP contribution in [0.1, 0.15) is 45.4 Å². The number of halogens is 1. The first-order valence-corrected chi connectivity index (χ1v) is 10.7. The lowest BCUT2D eigenvalue weighted by molar-refractivity contribution is -0.136. The fourth-order valence-corrected chi connectivity index (χ4v) is 4.97. The Morgan fingerprint density at radius 3 is 2.73 bits per heavy atom. The second kappa shape index (κ2) is 7.91. The number of carbonyl (C=O) groups excluding carboxylic acids is 4. The van der Waals surface area contributed by atoms with E-state index in [2.05, 4.69) is 10.6 Å². The first-order valence-electron chi connectivity index (χ1n) is 10.4. The summed E-state index contributed by atoms with van der Waals surface area (Å²) in [5.74, 6) is -0.746. The zero-order valence-corrected chi connectivity index (χ0v) is 17.6. The van der Waals surface area contributed by atoms with Gasteiger partial charge in [0.2, 0.25) is 11.8 Å². The predicted molar refractivity (Wildman–Crippen MR) is 112 cm³/mol. The lowest BCUT2D eigenvalue weighted by Gasteiger charge is -2.36. The third-order valence-electron chi connectivity index (χ3n) is 6.40. The molecule has 8 nitrogen and oxygen atoms in total. The monoisotopic (exact) mass is 432 g/mol. The minimum Gasteiger partial charge on any atom is -0.324 e. The molecule has 1 spiro atoms. The number of benzene rings is 1. The van der Waals surface area contributed by atoms with Crippen LogP contribution >= 0.6 is 11.6 Å². The molecule has 5 amide bonds. The van der Waals surface area contributed by atoms with Gasteiger partial charge in [-0.1, -0.05) is 31.4 Å². The number of nitrogens with zero attached hydrogens (tertiary/aromatic N) is 2. The van der Waals surface area contributed by atoms with Gasteiger partial charge in [0.05, 0.1) is 10.7 Å². The summed E-state index contributed by atoms with van der Waals surface area (Å²) in [5, 5.41) is 5.88. The number of carbonyl (C=O) groups is 4. The highest BCUT2D eigenvalue weighted by molar-refractivity contribution is 6.34. The lowest BCUT2D eigenvalue weighted by Crippen LogP contribution is -2.54. The normalized spacial score (nSPS) is 26.5. The molecule has 9 heteroatoms. The molecule has 2 atom stereocenters. The minimum absolute atomic E-state index is 0.0260. The van der Waals surface area contributed by atoms with E-state index in [1.54, 1.807) is 23.1 Å². The number of urea groups is 1. The Labute approximate surface area is 179 Å².